The summed E-state index contributed by atoms with van der Waals surface area (Å²) < 4.78 is 0. The largest absolute Gasteiger partial charge is 0.398 e. The molecule has 0 radical (unpaired) electrons. The molecular weight excluding hydrogens is 272 g/mol. The van der Waals surface area contributed by atoms with Crippen LogP contribution in [0, 0.1) is 0 Å². The van der Waals surface area contributed by atoms with E-state index in [0.717, 1.165) is 22.8 Å². The van der Waals surface area contributed by atoms with E-state index in [9.17, 15) is 4.79 Å². The number of rotatable bonds is 4. The molecule has 2 rings (SSSR count). The van der Waals surface area contributed by atoms with Gasteiger partial charge in [0.15, 0.2) is 5.78 Å². The van der Waals surface area contributed by atoms with Crippen molar-refractivity contribution >= 4 is 28.8 Å². The number of carbonyl (C=O) groups is 1. The molecule has 2 aromatic rings. The number of nitrogens with zero attached hydrogens (tertiary/aromatic N) is 1. The normalized spacial score (nSPS) is 10.3. The number of halogens is 1. The molecule has 0 fully saturated rings. The lowest BCUT2D eigenvalue weighted by Gasteiger charge is -2.20. The molecule has 3 nitrogen and oxygen atoms in total. The summed E-state index contributed by atoms with van der Waals surface area (Å²) >= 11 is 5.87. The van der Waals surface area contributed by atoms with Gasteiger partial charge in [-0.25, -0.2) is 0 Å². The SMILES string of the molecule is CC(=O)c1ccc(N(C)Cc2ccc(Cl)cc2)cc1N. The van der Waals surface area contributed by atoms with Gasteiger partial charge >= 0.3 is 0 Å². The minimum atomic E-state index is -0.0191. The van der Waals surface area contributed by atoms with Crippen molar-refractivity contribution in [1.29, 1.82) is 0 Å². The highest BCUT2D eigenvalue weighted by Crippen LogP contribution is 2.22. The number of ketones is 1. The molecule has 0 saturated heterocycles. The summed E-state index contributed by atoms with van der Waals surface area (Å²) in [5.74, 6) is -0.0191. The minimum absolute atomic E-state index is 0.0191. The lowest BCUT2D eigenvalue weighted by molar-refractivity contribution is 0.101. The lowest BCUT2D eigenvalue weighted by atomic mass is 10.1. The average molecular weight is 289 g/mol. The summed E-state index contributed by atoms with van der Waals surface area (Å²) in [5.41, 5.74) is 9.12. The van der Waals surface area contributed by atoms with Gasteiger partial charge in [-0.05, 0) is 42.8 Å². The molecule has 2 N–H and O–H groups in total. The van der Waals surface area contributed by atoms with Crippen LogP contribution < -0.4 is 10.6 Å². The van der Waals surface area contributed by atoms with E-state index in [0.29, 0.717) is 11.3 Å². The Morgan fingerprint density at radius 1 is 1.20 bits per heavy atom. The predicted octanol–water partition coefficient (Wildman–Crippen LogP) is 3.76. The number of Topliss-reactive ketones (excluding diaryl/α,β-unsaturated/α-hetero) is 1. The van der Waals surface area contributed by atoms with Gasteiger partial charge in [-0.1, -0.05) is 23.7 Å². The van der Waals surface area contributed by atoms with Gasteiger partial charge in [0.1, 0.15) is 0 Å². The van der Waals surface area contributed by atoms with E-state index in [-0.39, 0.29) is 5.78 Å². The molecule has 0 amide bonds. The fraction of sp³-hybridized carbons (Fsp3) is 0.188. The van der Waals surface area contributed by atoms with Crippen LogP contribution in [0.1, 0.15) is 22.8 Å². The molecular formula is C16H17ClN2O. The summed E-state index contributed by atoms with van der Waals surface area (Å²) in [7, 11) is 1.98. The maximum Gasteiger partial charge on any atom is 0.161 e. The van der Waals surface area contributed by atoms with Gasteiger partial charge in [0.05, 0.1) is 0 Å². The number of anilines is 2. The molecule has 0 atom stereocenters. The fourth-order valence-corrected chi connectivity index (χ4v) is 2.19. The number of hydrogen-bond acceptors (Lipinski definition) is 3. The lowest BCUT2D eigenvalue weighted by Crippen LogP contribution is -2.16. The van der Waals surface area contributed by atoms with E-state index in [4.69, 9.17) is 17.3 Å². The van der Waals surface area contributed by atoms with Gasteiger partial charge in [-0.3, -0.25) is 4.79 Å². The average Bonchev–Trinajstić information content (AvgIpc) is 2.40. The van der Waals surface area contributed by atoms with Crippen LogP contribution in [0.15, 0.2) is 42.5 Å². The molecule has 2 aromatic carbocycles. The zero-order valence-electron chi connectivity index (χ0n) is 11.6. The van der Waals surface area contributed by atoms with Crippen LogP contribution in [-0.2, 0) is 6.54 Å². The van der Waals surface area contributed by atoms with Crippen LogP contribution in [0.25, 0.3) is 0 Å². The summed E-state index contributed by atoms with van der Waals surface area (Å²) in [6.45, 7) is 2.26. The van der Waals surface area contributed by atoms with E-state index < -0.39 is 0 Å². The van der Waals surface area contributed by atoms with E-state index >= 15 is 0 Å². The van der Waals surface area contributed by atoms with Crippen molar-refractivity contribution in [2.45, 2.75) is 13.5 Å². The van der Waals surface area contributed by atoms with Crippen molar-refractivity contribution in [2.24, 2.45) is 0 Å². The zero-order valence-corrected chi connectivity index (χ0v) is 12.3. The van der Waals surface area contributed by atoms with Crippen LogP contribution in [-0.4, -0.2) is 12.8 Å². The third-order valence-corrected chi connectivity index (χ3v) is 3.44. The monoisotopic (exact) mass is 288 g/mol. The molecule has 0 heterocycles. The van der Waals surface area contributed by atoms with Crippen LogP contribution >= 0.6 is 11.6 Å². The van der Waals surface area contributed by atoms with Crippen molar-refractivity contribution < 1.29 is 4.79 Å². The number of nitrogens with two attached hydrogens (primary N) is 1. The third kappa shape index (κ3) is 3.31. The van der Waals surface area contributed by atoms with Crippen molar-refractivity contribution in [3.8, 4) is 0 Å². The second-order valence-corrected chi connectivity index (χ2v) is 5.25. The summed E-state index contributed by atoms with van der Waals surface area (Å²) in [6.07, 6.45) is 0. The first-order valence-corrected chi connectivity index (χ1v) is 6.71. The van der Waals surface area contributed by atoms with Crippen molar-refractivity contribution in [3.05, 3.63) is 58.6 Å². The molecule has 0 aliphatic rings. The Hall–Kier alpha value is -2.00. The molecule has 0 aliphatic heterocycles. The van der Waals surface area contributed by atoms with Crippen molar-refractivity contribution in [3.63, 3.8) is 0 Å². The highest BCUT2D eigenvalue weighted by molar-refractivity contribution is 6.30. The summed E-state index contributed by atoms with van der Waals surface area (Å²) in [6, 6.07) is 13.2. The Morgan fingerprint density at radius 3 is 2.40 bits per heavy atom. The van der Waals surface area contributed by atoms with E-state index in [1.54, 1.807) is 6.07 Å². The highest BCUT2D eigenvalue weighted by atomic mass is 35.5. The van der Waals surface area contributed by atoms with E-state index in [1.807, 2.05) is 43.4 Å². The maximum absolute atomic E-state index is 11.4. The molecule has 0 aliphatic carbocycles. The van der Waals surface area contributed by atoms with E-state index in [1.165, 1.54) is 6.92 Å². The standard InChI is InChI=1S/C16H17ClN2O/c1-11(20)15-8-7-14(9-16(15)18)19(2)10-12-3-5-13(17)6-4-12/h3-9H,10,18H2,1-2H3. The van der Waals surface area contributed by atoms with Gasteiger partial charge in [-0.2, -0.15) is 0 Å². The van der Waals surface area contributed by atoms with Crippen LogP contribution in [0.5, 0.6) is 0 Å². The topological polar surface area (TPSA) is 46.3 Å². The first kappa shape index (κ1) is 14.4. The number of nitrogen functional groups attached to an aromatic ring is 1. The van der Waals surface area contributed by atoms with Crippen LogP contribution in [0.2, 0.25) is 5.02 Å². The van der Waals surface area contributed by atoms with Crippen LogP contribution in [0.4, 0.5) is 11.4 Å². The first-order valence-electron chi connectivity index (χ1n) is 6.33. The molecule has 0 unspecified atom stereocenters. The Balaban J connectivity index is 2.17. The summed E-state index contributed by atoms with van der Waals surface area (Å²) in [5, 5.41) is 0.728. The smallest absolute Gasteiger partial charge is 0.161 e. The zero-order chi connectivity index (χ0) is 14.7. The minimum Gasteiger partial charge on any atom is -0.398 e. The Morgan fingerprint density at radius 2 is 1.85 bits per heavy atom. The summed E-state index contributed by atoms with van der Waals surface area (Å²) in [4.78, 5) is 13.4. The van der Waals surface area contributed by atoms with Gasteiger partial charge in [-0.15, -0.1) is 0 Å². The Labute approximate surface area is 124 Å². The number of carbonyl (C=O) groups excluding carboxylic acids is 1. The molecule has 0 spiro atoms. The maximum atomic E-state index is 11.4. The first-order chi connectivity index (χ1) is 9.47. The van der Waals surface area contributed by atoms with Crippen molar-refractivity contribution in [1.82, 2.24) is 0 Å². The molecule has 104 valence electrons. The van der Waals surface area contributed by atoms with Crippen LogP contribution in [0.3, 0.4) is 0 Å². The van der Waals surface area contributed by atoms with Gasteiger partial charge in [0.2, 0.25) is 0 Å². The molecule has 20 heavy (non-hydrogen) atoms. The third-order valence-electron chi connectivity index (χ3n) is 3.19. The molecule has 0 aromatic heterocycles. The van der Waals surface area contributed by atoms with Gasteiger partial charge in [0.25, 0.3) is 0 Å². The molecule has 4 heteroatoms. The second-order valence-electron chi connectivity index (χ2n) is 4.81. The molecule has 0 saturated carbocycles. The van der Waals surface area contributed by atoms with Gasteiger partial charge < -0.3 is 10.6 Å². The van der Waals surface area contributed by atoms with E-state index in [2.05, 4.69) is 4.90 Å². The number of benzene rings is 2. The second kappa shape index (κ2) is 5.97. The highest BCUT2D eigenvalue weighted by Gasteiger charge is 2.08. The Bertz CT molecular complexity index is 623. The van der Waals surface area contributed by atoms with Gasteiger partial charge in [0, 0.05) is 35.6 Å². The van der Waals surface area contributed by atoms with Crippen molar-refractivity contribution in [2.75, 3.05) is 17.7 Å². The fourth-order valence-electron chi connectivity index (χ4n) is 2.06. The Kier molecular flexibility index (Phi) is 4.30. The quantitative estimate of drug-likeness (QED) is 0.688. The molecule has 0 bridgehead atoms. The number of hydrogen-bond donors (Lipinski definition) is 1. The predicted molar refractivity (Wildman–Crippen MR) is 84.4 cm³/mol.